The van der Waals surface area contributed by atoms with Crippen molar-refractivity contribution >= 4 is 0 Å². The highest BCUT2D eigenvalue weighted by Crippen LogP contribution is 2.55. The van der Waals surface area contributed by atoms with Crippen molar-refractivity contribution in [3.05, 3.63) is 174 Å². The number of pyridine rings is 1. The van der Waals surface area contributed by atoms with Crippen molar-refractivity contribution in [3.63, 3.8) is 0 Å². The van der Waals surface area contributed by atoms with Crippen molar-refractivity contribution in [2.45, 2.75) is 19.3 Å². The first kappa shape index (κ1) is 25.9. The predicted molar refractivity (Wildman–Crippen MR) is 172 cm³/mol. The van der Waals surface area contributed by atoms with Gasteiger partial charge in [-0.2, -0.15) is 0 Å². The average molecular weight is 572 g/mol. The Morgan fingerprint density at radius 3 is 2.09 bits per heavy atom. The molecule has 0 spiro atoms. The fourth-order valence-corrected chi connectivity index (χ4v) is 6.71. The van der Waals surface area contributed by atoms with E-state index in [4.69, 9.17) is 9.72 Å². The third kappa shape index (κ3) is 3.99. The molecule has 3 aromatic heterocycles. The lowest BCUT2D eigenvalue weighted by atomic mass is 9.70. The van der Waals surface area contributed by atoms with E-state index in [1.807, 2.05) is 52.2 Å². The van der Waals surface area contributed by atoms with Gasteiger partial charge in [0.2, 0.25) is 0 Å². The van der Waals surface area contributed by atoms with E-state index < -0.39 is 5.41 Å². The highest BCUT2D eigenvalue weighted by molar-refractivity contribution is 5.85. The molecule has 3 heterocycles. The fourth-order valence-electron chi connectivity index (χ4n) is 6.71. The van der Waals surface area contributed by atoms with Gasteiger partial charge < -0.3 is 9.30 Å². The van der Waals surface area contributed by atoms with Crippen LogP contribution >= 0.6 is 0 Å². The van der Waals surface area contributed by atoms with Crippen molar-refractivity contribution in [2.24, 2.45) is 0 Å². The van der Waals surface area contributed by atoms with Crippen LogP contribution in [-0.4, -0.2) is 24.5 Å². The standard InChI is InChI=1S/C38H29N5O/c1-26-11-9-12-27(2)37(26)43-25-36(40-41-43)42-22-20-30(24-42)44-29-14-10-13-28(23-29)38(35-19-7-8-21-39-35)33-17-5-3-15-31(33)32-16-4-6-18-34(32)38/h3-25H,1-2H3. The molecular formula is C38H29N5O. The molecule has 0 amide bonds. The quantitative estimate of drug-likeness (QED) is 0.202. The minimum Gasteiger partial charge on any atom is -0.456 e. The number of aryl methyl sites for hydroxylation is 2. The van der Waals surface area contributed by atoms with E-state index in [2.05, 4.69) is 121 Å². The summed E-state index contributed by atoms with van der Waals surface area (Å²) in [5.41, 5.74) is 9.73. The van der Waals surface area contributed by atoms with Crippen LogP contribution in [0.15, 0.2) is 140 Å². The van der Waals surface area contributed by atoms with Gasteiger partial charge in [0.1, 0.15) is 11.5 Å². The molecule has 0 atom stereocenters. The lowest BCUT2D eigenvalue weighted by Gasteiger charge is -2.32. The maximum absolute atomic E-state index is 6.47. The Morgan fingerprint density at radius 2 is 1.36 bits per heavy atom. The highest BCUT2D eigenvalue weighted by atomic mass is 16.5. The second kappa shape index (κ2) is 10.2. The van der Waals surface area contributed by atoms with Crippen molar-refractivity contribution < 1.29 is 4.74 Å². The number of aromatic nitrogens is 5. The molecule has 0 saturated heterocycles. The van der Waals surface area contributed by atoms with Gasteiger partial charge in [-0.15, -0.1) is 5.10 Å². The summed E-state index contributed by atoms with van der Waals surface area (Å²) in [6.45, 7) is 4.17. The van der Waals surface area contributed by atoms with Crippen molar-refractivity contribution in [2.75, 3.05) is 0 Å². The van der Waals surface area contributed by atoms with Crippen LogP contribution in [0.2, 0.25) is 0 Å². The first-order valence-electron chi connectivity index (χ1n) is 14.7. The summed E-state index contributed by atoms with van der Waals surface area (Å²) in [4.78, 5) is 4.93. The highest BCUT2D eigenvalue weighted by Gasteiger charge is 2.47. The zero-order valence-corrected chi connectivity index (χ0v) is 24.4. The molecule has 0 radical (unpaired) electrons. The van der Waals surface area contributed by atoms with Crippen LogP contribution in [0.3, 0.4) is 0 Å². The first-order chi connectivity index (χ1) is 21.6. The molecule has 0 N–H and O–H groups in total. The normalized spacial score (nSPS) is 13.0. The Balaban J connectivity index is 1.17. The molecule has 0 bridgehead atoms. The predicted octanol–water partition coefficient (Wildman–Crippen LogP) is 8.23. The molecule has 0 saturated carbocycles. The Bertz CT molecular complexity index is 2080. The number of para-hydroxylation sites is 1. The lowest BCUT2D eigenvalue weighted by molar-refractivity contribution is 0.481. The van der Waals surface area contributed by atoms with E-state index in [-0.39, 0.29) is 0 Å². The summed E-state index contributed by atoms with van der Waals surface area (Å²) in [5.74, 6) is 2.17. The molecule has 8 rings (SSSR count). The largest absolute Gasteiger partial charge is 0.456 e. The minimum atomic E-state index is -0.577. The SMILES string of the molecule is Cc1cccc(C)c1-n1cc(-n2ccc(Oc3cccc(C4(c5ccccn5)c5ccccc5-c5ccccc54)c3)c2)nn1. The Kier molecular flexibility index (Phi) is 6.01. The molecule has 212 valence electrons. The molecule has 6 nitrogen and oxygen atoms in total. The van der Waals surface area contributed by atoms with E-state index in [1.54, 1.807) is 0 Å². The fraction of sp³-hybridized carbons (Fsp3) is 0.0789. The monoisotopic (exact) mass is 571 g/mol. The molecule has 0 unspecified atom stereocenters. The van der Waals surface area contributed by atoms with Crippen molar-refractivity contribution in [1.82, 2.24) is 24.5 Å². The summed E-state index contributed by atoms with van der Waals surface area (Å²) < 4.78 is 10.2. The van der Waals surface area contributed by atoms with Crippen molar-refractivity contribution in [1.29, 1.82) is 0 Å². The molecule has 4 aromatic carbocycles. The summed E-state index contributed by atoms with van der Waals surface area (Å²) in [6, 6.07) is 40.0. The molecule has 44 heavy (non-hydrogen) atoms. The topological polar surface area (TPSA) is 57.8 Å². The number of fused-ring (bicyclic) bond motifs is 3. The molecule has 1 aliphatic rings. The van der Waals surface area contributed by atoms with Gasteiger partial charge >= 0.3 is 0 Å². The zero-order valence-electron chi connectivity index (χ0n) is 24.4. The lowest BCUT2D eigenvalue weighted by Crippen LogP contribution is -2.29. The number of benzene rings is 4. The van der Waals surface area contributed by atoms with Crippen LogP contribution in [0.5, 0.6) is 11.5 Å². The molecule has 0 aliphatic heterocycles. The number of ether oxygens (including phenoxy) is 1. The van der Waals surface area contributed by atoms with Gasteiger partial charge in [-0.1, -0.05) is 90.1 Å². The van der Waals surface area contributed by atoms with E-state index in [0.29, 0.717) is 11.6 Å². The van der Waals surface area contributed by atoms with E-state index in [9.17, 15) is 0 Å². The van der Waals surface area contributed by atoms with E-state index >= 15 is 0 Å². The van der Waals surface area contributed by atoms with Crippen LogP contribution < -0.4 is 4.74 Å². The molecule has 7 aromatic rings. The van der Waals surface area contributed by atoms with Crippen LogP contribution in [0.1, 0.15) is 33.5 Å². The van der Waals surface area contributed by atoms with Crippen molar-refractivity contribution in [3.8, 4) is 34.1 Å². The van der Waals surface area contributed by atoms with Gasteiger partial charge in [0, 0.05) is 12.4 Å². The second-order valence-corrected chi connectivity index (χ2v) is 11.2. The van der Waals surface area contributed by atoms with Gasteiger partial charge in [0.05, 0.1) is 29.2 Å². The molecule has 6 heteroatoms. The minimum absolute atomic E-state index is 0.577. The second-order valence-electron chi connectivity index (χ2n) is 11.2. The number of nitrogens with zero attached hydrogens (tertiary/aromatic N) is 5. The van der Waals surface area contributed by atoms with Gasteiger partial charge in [-0.25, -0.2) is 4.68 Å². The zero-order chi connectivity index (χ0) is 29.7. The summed E-state index contributed by atoms with van der Waals surface area (Å²) in [5, 5.41) is 8.84. The van der Waals surface area contributed by atoms with Crippen LogP contribution in [0.25, 0.3) is 22.6 Å². The van der Waals surface area contributed by atoms with Crippen LogP contribution in [-0.2, 0) is 5.41 Å². The number of hydrogen-bond acceptors (Lipinski definition) is 4. The maximum Gasteiger partial charge on any atom is 0.179 e. The third-order valence-electron chi connectivity index (χ3n) is 8.58. The van der Waals surface area contributed by atoms with Crippen LogP contribution in [0, 0.1) is 13.8 Å². The molecule has 0 fully saturated rings. The smallest absolute Gasteiger partial charge is 0.179 e. The van der Waals surface area contributed by atoms with E-state index in [1.165, 1.54) is 22.3 Å². The summed E-state index contributed by atoms with van der Waals surface area (Å²) in [7, 11) is 0. The Hall–Kier alpha value is -5.75. The average Bonchev–Trinajstić information content (AvgIpc) is 3.79. The Labute approximate surface area is 255 Å². The molecule has 1 aliphatic carbocycles. The third-order valence-corrected chi connectivity index (χ3v) is 8.58. The first-order valence-corrected chi connectivity index (χ1v) is 14.7. The van der Waals surface area contributed by atoms with Gasteiger partial charge in [0.15, 0.2) is 5.82 Å². The van der Waals surface area contributed by atoms with E-state index in [0.717, 1.165) is 33.8 Å². The molecular weight excluding hydrogens is 542 g/mol. The number of hydrogen-bond donors (Lipinski definition) is 0. The Morgan fingerprint density at radius 1 is 0.659 bits per heavy atom. The van der Waals surface area contributed by atoms with Crippen LogP contribution in [0.4, 0.5) is 0 Å². The van der Waals surface area contributed by atoms with Gasteiger partial charge in [0.25, 0.3) is 0 Å². The van der Waals surface area contributed by atoms with Gasteiger partial charge in [-0.05, 0) is 83.1 Å². The summed E-state index contributed by atoms with van der Waals surface area (Å²) >= 11 is 0. The van der Waals surface area contributed by atoms with Gasteiger partial charge in [-0.3, -0.25) is 4.98 Å². The maximum atomic E-state index is 6.47. The number of rotatable bonds is 6. The summed E-state index contributed by atoms with van der Waals surface area (Å²) in [6.07, 6.45) is 7.68.